The van der Waals surface area contributed by atoms with Crippen molar-refractivity contribution in [1.82, 2.24) is 9.55 Å². The molecule has 25 heavy (non-hydrogen) atoms. The first-order chi connectivity index (χ1) is 11.7. The lowest BCUT2D eigenvalue weighted by molar-refractivity contribution is -0.126. The molecule has 0 aliphatic heterocycles. The van der Waals surface area contributed by atoms with Crippen LogP contribution in [-0.4, -0.2) is 15.3 Å². The van der Waals surface area contributed by atoms with Crippen molar-refractivity contribution in [3.05, 3.63) is 51.4 Å². The first kappa shape index (κ1) is 17.5. The number of carbonyl (C=O) groups excluding carboxylic acids is 1. The number of thiophene rings is 1. The number of benzene rings is 1. The molecule has 0 saturated heterocycles. The van der Waals surface area contributed by atoms with Gasteiger partial charge >= 0.3 is 0 Å². The molecule has 0 N–H and O–H groups in total. The van der Waals surface area contributed by atoms with Crippen molar-refractivity contribution in [2.24, 2.45) is 5.41 Å². The number of hydrogen-bond donors (Lipinski definition) is 0. The highest BCUT2D eigenvalue weighted by Gasteiger charge is 2.22. The van der Waals surface area contributed by atoms with Crippen LogP contribution in [0.1, 0.15) is 31.9 Å². The lowest BCUT2D eigenvalue weighted by atomic mass is 9.91. The van der Waals surface area contributed by atoms with Crippen LogP contribution < -0.4 is 5.56 Å². The Morgan fingerprint density at radius 2 is 1.92 bits per heavy atom. The fourth-order valence-corrected chi connectivity index (χ4v) is 3.50. The zero-order valence-corrected chi connectivity index (χ0v) is 16.0. The number of aryl methyl sites for hydroxylation is 2. The smallest absolute Gasteiger partial charge is 0.263 e. The zero-order valence-electron chi connectivity index (χ0n) is 15.2. The molecule has 0 fully saturated rings. The molecule has 0 spiro atoms. The highest BCUT2D eigenvalue weighted by molar-refractivity contribution is 7.17. The van der Waals surface area contributed by atoms with Crippen LogP contribution in [0.5, 0.6) is 0 Å². The Balaban J connectivity index is 2.13. The average Bonchev–Trinajstić information content (AvgIpc) is 2.96. The molecule has 4 nitrogen and oxygen atoms in total. The maximum Gasteiger partial charge on any atom is 0.263 e. The molecule has 0 bridgehead atoms. The fraction of sp³-hybridized carbons (Fsp3) is 0.350. The molecule has 0 radical (unpaired) electrons. The van der Waals surface area contributed by atoms with Gasteiger partial charge in [0.05, 0.1) is 18.3 Å². The van der Waals surface area contributed by atoms with Gasteiger partial charge in [-0.1, -0.05) is 39.0 Å². The third-order valence-corrected chi connectivity index (χ3v) is 5.42. The number of hydrogen-bond acceptors (Lipinski definition) is 4. The molecular weight excluding hydrogens is 332 g/mol. The Morgan fingerprint density at radius 3 is 2.56 bits per heavy atom. The summed E-state index contributed by atoms with van der Waals surface area (Å²) in [5.41, 5.74) is 3.65. The van der Waals surface area contributed by atoms with E-state index in [1.807, 2.05) is 32.2 Å². The van der Waals surface area contributed by atoms with Gasteiger partial charge in [0, 0.05) is 16.4 Å². The van der Waals surface area contributed by atoms with E-state index in [1.54, 1.807) is 0 Å². The zero-order chi connectivity index (χ0) is 18.4. The molecule has 0 unspecified atom stereocenters. The second-order valence-electron chi connectivity index (χ2n) is 7.48. The molecule has 0 aliphatic carbocycles. The van der Waals surface area contributed by atoms with Crippen LogP contribution >= 0.6 is 11.3 Å². The second-order valence-corrected chi connectivity index (χ2v) is 8.34. The Kier molecular flexibility index (Phi) is 4.37. The number of rotatable bonds is 3. The van der Waals surface area contributed by atoms with E-state index in [9.17, 15) is 9.59 Å². The van der Waals surface area contributed by atoms with Gasteiger partial charge in [0.15, 0.2) is 5.78 Å². The van der Waals surface area contributed by atoms with E-state index in [0.717, 1.165) is 11.1 Å². The summed E-state index contributed by atoms with van der Waals surface area (Å²) in [6.07, 6.45) is 1.48. The number of aromatic nitrogens is 2. The van der Waals surface area contributed by atoms with Gasteiger partial charge < -0.3 is 0 Å². The first-order valence-electron chi connectivity index (χ1n) is 8.26. The summed E-state index contributed by atoms with van der Waals surface area (Å²) in [6.45, 7) is 9.75. The maximum atomic E-state index is 13.0. The van der Waals surface area contributed by atoms with Gasteiger partial charge in [-0.25, -0.2) is 4.98 Å². The Morgan fingerprint density at radius 1 is 1.20 bits per heavy atom. The Labute approximate surface area is 151 Å². The van der Waals surface area contributed by atoms with Crippen LogP contribution in [0.4, 0.5) is 0 Å². The van der Waals surface area contributed by atoms with Crippen molar-refractivity contribution in [2.75, 3.05) is 0 Å². The molecule has 0 aliphatic rings. The Bertz CT molecular complexity index is 1020. The fourth-order valence-electron chi connectivity index (χ4n) is 2.59. The van der Waals surface area contributed by atoms with Crippen LogP contribution in [0.25, 0.3) is 21.3 Å². The average molecular weight is 354 g/mol. The van der Waals surface area contributed by atoms with Crippen molar-refractivity contribution in [2.45, 2.75) is 41.2 Å². The van der Waals surface area contributed by atoms with Crippen molar-refractivity contribution < 1.29 is 4.79 Å². The number of carbonyl (C=O) groups is 1. The first-order valence-corrected chi connectivity index (χ1v) is 9.14. The summed E-state index contributed by atoms with van der Waals surface area (Å²) in [7, 11) is 0. The highest BCUT2D eigenvalue weighted by Crippen LogP contribution is 2.31. The van der Waals surface area contributed by atoms with Gasteiger partial charge in [0.25, 0.3) is 5.56 Å². The van der Waals surface area contributed by atoms with Gasteiger partial charge in [-0.15, -0.1) is 11.3 Å². The number of fused-ring (bicyclic) bond motifs is 1. The molecular formula is C20H22N2O2S. The molecule has 0 amide bonds. The minimum atomic E-state index is -0.486. The number of Topliss-reactive ketones (excluding diaryl/α,β-unsaturated/α-hetero) is 1. The summed E-state index contributed by atoms with van der Waals surface area (Å²) >= 11 is 1.46. The van der Waals surface area contributed by atoms with E-state index in [1.165, 1.54) is 33.4 Å². The van der Waals surface area contributed by atoms with E-state index in [0.29, 0.717) is 10.2 Å². The lowest BCUT2D eigenvalue weighted by Crippen LogP contribution is -2.30. The van der Waals surface area contributed by atoms with Crippen molar-refractivity contribution >= 4 is 27.3 Å². The molecule has 0 atom stereocenters. The van der Waals surface area contributed by atoms with Crippen molar-refractivity contribution in [3.8, 4) is 11.1 Å². The second kappa shape index (κ2) is 6.23. The predicted octanol–water partition coefficient (Wildman–Crippen LogP) is 4.36. The summed E-state index contributed by atoms with van der Waals surface area (Å²) in [6, 6.07) is 6.18. The van der Waals surface area contributed by atoms with Gasteiger partial charge in [-0.3, -0.25) is 14.2 Å². The van der Waals surface area contributed by atoms with Gasteiger partial charge in [-0.05, 0) is 30.5 Å². The summed E-state index contributed by atoms with van der Waals surface area (Å²) in [4.78, 5) is 30.4. The summed E-state index contributed by atoms with van der Waals surface area (Å²) in [5, 5.41) is 2.57. The van der Waals surface area contributed by atoms with Gasteiger partial charge in [-0.2, -0.15) is 0 Å². The lowest BCUT2D eigenvalue weighted by Gasteiger charge is -2.17. The Hall–Kier alpha value is -2.27. The van der Waals surface area contributed by atoms with Crippen LogP contribution in [-0.2, 0) is 11.3 Å². The third-order valence-electron chi connectivity index (χ3n) is 4.53. The van der Waals surface area contributed by atoms with E-state index < -0.39 is 5.41 Å². The monoisotopic (exact) mass is 354 g/mol. The van der Waals surface area contributed by atoms with Crippen molar-refractivity contribution in [3.63, 3.8) is 0 Å². The van der Waals surface area contributed by atoms with E-state index in [4.69, 9.17) is 0 Å². The van der Waals surface area contributed by atoms with Crippen LogP contribution in [0.2, 0.25) is 0 Å². The SMILES string of the molecule is Cc1ccc(-c2csc3ncn(CC(=O)C(C)(C)C)c(=O)c23)cc1C. The quantitative estimate of drug-likeness (QED) is 0.702. The molecule has 5 heteroatoms. The van der Waals surface area contributed by atoms with Crippen LogP contribution in [0.3, 0.4) is 0 Å². The van der Waals surface area contributed by atoms with E-state index in [-0.39, 0.29) is 17.9 Å². The third kappa shape index (κ3) is 3.29. The predicted molar refractivity (Wildman–Crippen MR) is 103 cm³/mol. The van der Waals surface area contributed by atoms with Crippen LogP contribution in [0.15, 0.2) is 34.7 Å². The topological polar surface area (TPSA) is 52.0 Å². The van der Waals surface area contributed by atoms with Gasteiger partial charge in [0.2, 0.25) is 0 Å². The summed E-state index contributed by atoms with van der Waals surface area (Å²) < 4.78 is 1.42. The number of nitrogens with zero attached hydrogens (tertiary/aromatic N) is 2. The maximum absolute atomic E-state index is 13.0. The molecule has 3 aromatic rings. The highest BCUT2D eigenvalue weighted by atomic mass is 32.1. The van der Waals surface area contributed by atoms with E-state index >= 15 is 0 Å². The molecule has 1 aromatic carbocycles. The standard InChI is InChI=1S/C20H22N2O2S/c1-12-6-7-14(8-13(12)2)15-10-25-18-17(15)19(24)22(11-21-18)9-16(23)20(3,4)5/h6-8,10-11H,9H2,1-5H3. The molecule has 130 valence electrons. The minimum absolute atomic E-state index is 0.0127. The van der Waals surface area contributed by atoms with Gasteiger partial charge in [0.1, 0.15) is 4.83 Å². The molecule has 2 heterocycles. The molecule has 3 rings (SSSR count). The molecule has 0 saturated carbocycles. The number of ketones is 1. The summed E-state index contributed by atoms with van der Waals surface area (Å²) in [5.74, 6) is 0.0127. The van der Waals surface area contributed by atoms with Crippen molar-refractivity contribution in [1.29, 1.82) is 0 Å². The largest absolute Gasteiger partial charge is 0.297 e. The molecule has 2 aromatic heterocycles. The van der Waals surface area contributed by atoms with E-state index in [2.05, 4.69) is 31.0 Å². The van der Waals surface area contributed by atoms with Crippen LogP contribution in [0, 0.1) is 19.3 Å². The minimum Gasteiger partial charge on any atom is -0.297 e. The normalized spacial score (nSPS) is 11.9.